The fourth-order valence-corrected chi connectivity index (χ4v) is 3.75. The van der Waals surface area contributed by atoms with Gasteiger partial charge in [0.25, 0.3) is 5.56 Å². The molecule has 1 amide bonds. The topological polar surface area (TPSA) is 96.5 Å². The summed E-state index contributed by atoms with van der Waals surface area (Å²) in [6.45, 7) is 1.11. The second-order valence-electron chi connectivity index (χ2n) is 7.25. The molecule has 0 aliphatic carbocycles. The molecule has 0 radical (unpaired) electrons. The normalized spacial score (nSPS) is 16.3. The van der Waals surface area contributed by atoms with Gasteiger partial charge in [0.05, 0.1) is 36.9 Å². The van der Waals surface area contributed by atoms with E-state index in [2.05, 4.69) is 15.3 Å². The first-order valence-corrected chi connectivity index (χ1v) is 9.86. The van der Waals surface area contributed by atoms with E-state index in [-0.39, 0.29) is 17.4 Å². The first-order chi connectivity index (χ1) is 14.6. The first-order valence-electron chi connectivity index (χ1n) is 9.86. The van der Waals surface area contributed by atoms with E-state index in [1.807, 2.05) is 29.2 Å². The summed E-state index contributed by atoms with van der Waals surface area (Å²) in [5, 5.41) is 2.95. The highest BCUT2D eigenvalue weighted by molar-refractivity contribution is 5.94. The van der Waals surface area contributed by atoms with Crippen LogP contribution in [0.25, 0.3) is 11.0 Å². The predicted molar refractivity (Wildman–Crippen MR) is 115 cm³/mol. The van der Waals surface area contributed by atoms with Crippen LogP contribution in [0.5, 0.6) is 11.5 Å². The number of nitrogens with zero attached hydrogens (tertiary/aromatic N) is 2. The first kappa shape index (κ1) is 19.8. The average molecular weight is 408 g/mol. The highest BCUT2D eigenvalue weighted by Gasteiger charge is 2.28. The van der Waals surface area contributed by atoms with E-state index in [0.717, 1.165) is 18.4 Å². The molecule has 1 saturated heterocycles. The van der Waals surface area contributed by atoms with Gasteiger partial charge < -0.3 is 24.7 Å². The van der Waals surface area contributed by atoms with Crippen LogP contribution in [0.3, 0.4) is 0 Å². The molecule has 0 bridgehead atoms. The Bertz CT molecular complexity index is 1130. The van der Waals surface area contributed by atoms with E-state index in [0.29, 0.717) is 41.6 Å². The Balaban J connectivity index is 1.52. The highest BCUT2D eigenvalue weighted by Crippen LogP contribution is 2.30. The minimum absolute atomic E-state index is 0.111. The van der Waals surface area contributed by atoms with Gasteiger partial charge in [-0.1, -0.05) is 12.1 Å². The number of ether oxygens (including phenoxy) is 2. The number of benzene rings is 2. The van der Waals surface area contributed by atoms with E-state index in [4.69, 9.17) is 9.47 Å². The Morgan fingerprint density at radius 3 is 2.83 bits per heavy atom. The van der Waals surface area contributed by atoms with Crippen LogP contribution in [0.4, 0.5) is 11.5 Å². The van der Waals surface area contributed by atoms with Gasteiger partial charge in [-0.2, -0.15) is 0 Å². The number of piperidine rings is 1. The van der Waals surface area contributed by atoms with Gasteiger partial charge >= 0.3 is 0 Å². The summed E-state index contributed by atoms with van der Waals surface area (Å²) in [5.41, 5.74) is 1.76. The SMILES string of the molecule is COc1ccc(NC(=O)[C@H]2CCCN(c3nc4ccccc4[nH]c3=O)C2)c(OC)c1. The van der Waals surface area contributed by atoms with E-state index in [9.17, 15) is 9.59 Å². The quantitative estimate of drug-likeness (QED) is 0.674. The molecule has 0 saturated carbocycles. The minimum Gasteiger partial charge on any atom is -0.497 e. The summed E-state index contributed by atoms with van der Waals surface area (Å²) < 4.78 is 10.6. The number of hydrogen-bond acceptors (Lipinski definition) is 6. The number of carbonyl (C=O) groups excluding carboxylic acids is 1. The lowest BCUT2D eigenvalue weighted by molar-refractivity contribution is -0.120. The Labute approximate surface area is 173 Å². The Morgan fingerprint density at radius 2 is 2.03 bits per heavy atom. The van der Waals surface area contributed by atoms with Gasteiger partial charge in [0, 0.05) is 19.2 Å². The van der Waals surface area contributed by atoms with Gasteiger partial charge in [0.15, 0.2) is 5.82 Å². The predicted octanol–water partition coefficient (Wildman–Crippen LogP) is 2.80. The molecule has 8 nitrogen and oxygen atoms in total. The van der Waals surface area contributed by atoms with Crippen LogP contribution in [0.2, 0.25) is 0 Å². The van der Waals surface area contributed by atoms with Crippen molar-refractivity contribution in [3.05, 3.63) is 52.8 Å². The van der Waals surface area contributed by atoms with Crippen LogP contribution in [-0.2, 0) is 4.79 Å². The number of carbonyl (C=O) groups is 1. The van der Waals surface area contributed by atoms with Crippen molar-refractivity contribution in [2.45, 2.75) is 12.8 Å². The second-order valence-corrected chi connectivity index (χ2v) is 7.25. The van der Waals surface area contributed by atoms with Crippen LogP contribution in [0, 0.1) is 5.92 Å². The largest absolute Gasteiger partial charge is 0.497 e. The van der Waals surface area contributed by atoms with Crippen molar-refractivity contribution in [2.24, 2.45) is 5.92 Å². The molecule has 2 heterocycles. The van der Waals surface area contributed by atoms with Gasteiger partial charge in [-0.05, 0) is 37.1 Å². The van der Waals surface area contributed by atoms with Crippen molar-refractivity contribution in [1.29, 1.82) is 0 Å². The van der Waals surface area contributed by atoms with E-state index in [1.165, 1.54) is 0 Å². The third-order valence-corrected chi connectivity index (χ3v) is 5.34. The smallest absolute Gasteiger partial charge is 0.291 e. The molecule has 2 aromatic carbocycles. The number of para-hydroxylation sites is 2. The number of hydrogen-bond donors (Lipinski definition) is 2. The molecule has 1 atom stereocenters. The zero-order valence-electron chi connectivity index (χ0n) is 17.0. The molecule has 4 rings (SSSR count). The molecule has 0 unspecified atom stereocenters. The number of aromatic amines is 1. The summed E-state index contributed by atoms with van der Waals surface area (Å²) in [6.07, 6.45) is 1.54. The second kappa shape index (κ2) is 8.44. The van der Waals surface area contributed by atoms with Crippen molar-refractivity contribution >= 4 is 28.4 Å². The summed E-state index contributed by atoms with van der Waals surface area (Å²) in [4.78, 5) is 34.8. The van der Waals surface area contributed by atoms with Crippen LogP contribution in [-0.4, -0.2) is 43.2 Å². The van der Waals surface area contributed by atoms with Crippen molar-refractivity contribution < 1.29 is 14.3 Å². The molecule has 156 valence electrons. The van der Waals surface area contributed by atoms with Crippen molar-refractivity contribution in [3.63, 3.8) is 0 Å². The van der Waals surface area contributed by atoms with Crippen molar-refractivity contribution in [1.82, 2.24) is 9.97 Å². The number of amides is 1. The van der Waals surface area contributed by atoms with Gasteiger partial charge in [-0.15, -0.1) is 0 Å². The summed E-state index contributed by atoms with van der Waals surface area (Å²) in [7, 11) is 3.12. The van der Waals surface area contributed by atoms with Crippen molar-refractivity contribution in [2.75, 3.05) is 37.5 Å². The Kier molecular flexibility index (Phi) is 5.56. The third kappa shape index (κ3) is 3.94. The van der Waals surface area contributed by atoms with E-state index >= 15 is 0 Å². The summed E-state index contributed by atoms with van der Waals surface area (Å²) >= 11 is 0. The number of methoxy groups -OCH3 is 2. The number of rotatable bonds is 5. The van der Waals surface area contributed by atoms with E-state index < -0.39 is 0 Å². The van der Waals surface area contributed by atoms with Crippen LogP contribution in [0.1, 0.15) is 12.8 Å². The minimum atomic E-state index is -0.266. The van der Waals surface area contributed by atoms with Gasteiger partial charge in [0.1, 0.15) is 11.5 Å². The maximum atomic E-state index is 12.9. The number of aromatic nitrogens is 2. The van der Waals surface area contributed by atoms with Crippen LogP contribution in [0.15, 0.2) is 47.3 Å². The zero-order chi connectivity index (χ0) is 21.1. The molecular weight excluding hydrogens is 384 g/mol. The maximum absolute atomic E-state index is 12.9. The maximum Gasteiger partial charge on any atom is 0.291 e. The molecule has 1 fully saturated rings. The third-order valence-electron chi connectivity index (χ3n) is 5.34. The Morgan fingerprint density at radius 1 is 1.20 bits per heavy atom. The zero-order valence-corrected chi connectivity index (χ0v) is 17.0. The highest BCUT2D eigenvalue weighted by atomic mass is 16.5. The number of nitrogens with one attached hydrogen (secondary N) is 2. The summed E-state index contributed by atoms with van der Waals surface area (Å²) in [6, 6.07) is 12.7. The van der Waals surface area contributed by atoms with Crippen LogP contribution >= 0.6 is 0 Å². The van der Waals surface area contributed by atoms with Crippen LogP contribution < -0.4 is 25.2 Å². The molecule has 30 heavy (non-hydrogen) atoms. The lowest BCUT2D eigenvalue weighted by Gasteiger charge is -2.32. The summed E-state index contributed by atoms with van der Waals surface area (Å²) in [5.74, 6) is 1.16. The van der Waals surface area contributed by atoms with Crippen molar-refractivity contribution in [3.8, 4) is 11.5 Å². The number of fused-ring (bicyclic) bond motifs is 1. The molecule has 2 N–H and O–H groups in total. The van der Waals surface area contributed by atoms with Gasteiger partial charge in [0.2, 0.25) is 5.91 Å². The van der Waals surface area contributed by atoms with Gasteiger partial charge in [-0.25, -0.2) is 4.98 Å². The molecule has 8 heteroatoms. The standard InChI is InChI=1S/C22H24N4O4/c1-29-15-9-10-18(19(12-15)30-2)25-21(27)14-6-5-11-26(13-14)20-22(28)24-17-8-4-3-7-16(17)23-20/h3-4,7-10,12,14H,5-6,11,13H2,1-2H3,(H,24,28)(H,25,27)/t14-/m0/s1. The molecule has 0 spiro atoms. The fourth-order valence-electron chi connectivity index (χ4n) is 3.75. The molecular formula is C22H24N4O4. The lowest BCUT2D eigenvalue weighted by atomic mass is 9.97. The van der Waals surface area contributed by atoms with Gasteiger partial charge in [-0.3, -0.25) is 9.59 Å². The molecule has 3 aromatic rings. The molecule has 1 aliphatic rings. The van der Waals surface area contributed by atoms with E-state index in [1.54, 1.807) is 32.4 Å². The Hall–Kier alpha value is -3.55. The fraction of sp³-hybridized carbons (Fsp3) is 0.318. The molecule has 1 aliphatic heterocycles. The molecule has 1 aromatic heterocycles. The lowest BCUT2D eigenvalue weighted by Crippen LogP contribution is -2.43. The number of H-pyrrole nitrogens is 1. The number of anilines is 2. The average Bonchev–Trinajstić information content (AvgIpc) is 2.78. The monoisotopic (exact) mass is 408 g/mol.